The normalized spacial score (nSPS) is 11.2. The first-order chi connectivity index (χ1) is 8.18. The van der Waals surface area contributed by atoms with Gasteiger partial charge in [-0.3, -0.25) is 4.79 Å². The Balaban J connectivity index is 2.86. The fourth-order valence-corrected chi connectivity index (χ4v) is 2.14. The lowest BCUT2D eigenvalue weighted by Gasteiger charge is -2.32. The van der Waals surface area contributed by atoms with Gasteiger partial charge in [-0.15, -0.1) is 0 Å². The molecule has 0 aliphatic rings. The molecule has 0 radical (unpaired) electrons. The van der Waals surface area contributed by atoms with E-state index in [1.54, 1.807) is 0 Å². The maximum Gasteiger partial charge on any atom is 0.233 e. The second kappa shape index (κ2) is 6.40. The van der Waals surface area contributed by atoms with Crippen LogP contribution in [0.1, 0.15) is 32.3 Å². The Labute approximate surface area is 103 Å². The van der Waals surface area contributed by atoms with Gasteiger partial charge in [-0.05, 0) is 18.4 Å². The zero-order valence-electron chi connectivity index (χ0n) is 10.7. The van der Waals surface area contributed by atoms with E-state index in [-0.39, 0.29) is 17.9 Å². The van der Waals surface area contributed by atoms with Crippen LogP contribution in [0.2, 0.25) is 0 Å². The van der Waals surface area contributed by atoms with E-state index in [2.05, 4.69) is 31.3 Å². The molecule has 0 aliphatic heterocycles. The number of hydrogen-bond acceptors (Lipinski definition) is 2. The van der Waals surface area contributed by atoms with Crippen molar-refractivity contribution in [1.82, 2.24) is 5.32 Å². The fraction of sp³-hybridized carbons (Fsp3) is 0.500. The van der Waals surface area contributed by atoms with Gasteiger partial charge in [-0.25, -0.2) is 0 Å². The lowest BCUT2D eigenvalue weighted by molar-refractivity contribution is -0.120. The predicted octanol–water partition coefficient (Wildman–Crippen LogP) is 1.82. The van der Waals surface area contributed by atoms with E-state index in [9.17, 15) is 4.79 Å². The smallest absolute Gasteiger partial charge is 0.233 e. The van der Waals surface area contributed by atoms with Crippen molar-refractivity contribution in [2.24, 2.45) is 5.73 Å². The Morgan fingerprint density at radius 3 is 2.29 bits per heavy atom. The topological polar surface area (TPSA) is 55.1 Å². The van der Waals surface area contributed by atoms with Gasteiger partial charge in [0.05, 0.1) is 6.54 Å². The number of benzene rings is 1. The highest BCUT2D eigenvalue weighted by Gasteiger charge is 2.28. The van der Waals surface area contributed by atoms with E-state index >= 15 is 0 Å². The highest BCUT2D eigenvalue weighted by atomic mass is 16.1. The summed E-state index contributed by atoms with van der Waals surface area (Å²) in [5.74, 6) is -0.0905. The lowest BCUT2D eigenvalue weighted by atomic mass is 9.76. The third-order valence-corrected chi connectivity index (χ3v) is 3.55. The van der Waals surface area contributed by atoms with Crippen molar-refractivity contribution in [1.29, 1.82) is 0 Å². The summed E-state index contributed by atoms with van der Waals surface area (Å²) < 4.78 is 0. The molecule has 0 aliphatic carbocycles. The van der Waals surface area contributed by atoms with Crippen LogP contribution in [0.25, 0.3) is 0 Å². The van der Waals surface area contributed by atoms with Crippen molar-refractivity contribution in [2.45, 2.75) is 32.1 Å². The van der Waals surface area contributed by atoms with Crippen LogP contribution in [0.5, 0.6) is 0 Å². The van der Waals surface area contributed by atoms with Crippen molar-refractivity contribution < 1.29 is 4.79 Å². The van der Waals surface area contributed by atoms with Gasteiger partial charge < -0.3 is 11.1 Å². The minimum Gasteiger partial charge on any atom is -0.354 e. The van der Waals surface area contributed by atoms with Crippen molar-refractivity contribution in [3.05, 3.63) is 35.9 Å². The second-order valence-corrected chi connectivity index (χ2v) is 4.33. The predicted molar refractivity (Wildman–Crippen MR) is 70.8 cm³/mol. The molecule has 1 rings (SSSR count). The first-order valence-electron chi connectivity index (χ1n) is 6.21. The first kappa shape index (κ1) is 13.7. The van der Waals surface area contributed by atoms with E-state index in [0.29, 0.717) is 6.54 Å². The molecule has 0 bridgehead atoms. The fourth-order valence-electron chi connectivity index (χ4n) is 2.14. The summed E-state index contributed by atoms with van der Waals surface area (Å²) in [4.78, 5) is 11.3. The molecule has 0 aromatic heterocycles. The Morgan fingerprint density at radius 1 is 1.24 bits per heavy atom. The number of carbonyl (C=O) groups excluding carboxylic acids is 1. The number of hydrogen-bond donors (Lipinski definition) is 2. The average Bonchev–Trinajstić information content (AvgIpc) is 2.41. The van der Waals surface area contributed by atoms with Crippen LogP contribution in [0.15, 0.2) is 30.3 Å². The van der Waals surface area contributed by atoms with E-state index in [0.717, 1.165) is 12.8 Å². The zero-order chi connectivity index (χ0) is 12.7. The maximum absolute atomic E-state index is 11.3. The first-order valence-corrected chi connectivity index (χ1v) is 6.21. The number of amides is 1. The number of nitrogens with one attached hydrogen (secondary N) is 1. The molecule has 0 saturated carbocycles. The summed E-state index contributed by atoms with van der Waals surface area (Å²) in [6.07, 6.45) is 2.00. The molecule has 0 unspecified atom stereocenters. The van der Waals surface area contributed by atoms with Crippen molar-refractivity contribution in [2.75, 3.05) is 13.1 Å². The van der Waals surface area contributed by atoms with Crippen LogP contribution < -0.4 is 11.1 Å². The molecule has 3 N–H and O–H groups in total. The van der Waals surface area contributed by atoms with Gasteiger partial charge in [0, 0.05) is 12.0 Å². The highest BCUT2D eigenvalue weighted by molar-refractivity contribution is 5.77. The van der Waals surface area contributed by atoms with Gasteiger partial charge in [-0.2, -0.15) is 0 Å². The molecule has 0 heterocycles. The molecular weight excluding hydrogens is 212 g/mol. The van der Waals surface area contributed by atoms with Crippen LogP contribution in [0, 0.1) is 0 Å². The summed E-state index contributed by atoms with van der Waals surface area (Å²) in [5.41, 5.74) is 6.61. The zero-order valence-corrected chi connectivity index (χ0v) is 10.7. The third kappa shape index (κ3) is 3.30. The van der Waals surface area contributed by atoms with Gasteiger partial charge in [-0.1, -0.05) is 44.2 Å². The average molecular weight is 234 g/mol. The van der Waals surface area contributed by atoms with Crippen LogP contribution >= 0.6 is 0 Å². The molecule has 3 heteroatoms. The van der Waals surface area contributed by atoms with Crippen molar-refractivity contribution in [3.8, 4) is 0 Å². The summed E-state index contributed by atoms with van der Waals surface area (Å²) in [7, 11) is 0. The molecule has 0 saturated heterocycles. The Kier molecular flexibility index (Phi) is 5.16. The largest absolute Gasteiger partial charge is 0.354 e. The molecule has 1 aromatic carbocycles. The number of carbonyl (C=O) groups is 1. The maximum atomic E-state index is 11.3. The van der Waals surface area contributed by atoms with Gasteiger partial charge >= 0.3 is 0 Å². The van der Waals surface area contributed by atoms with Crippen molar-refractivity contribution in [3.63, 3.8) is 0 Å². The van der Waals surface area contributed by atoms with Crippen molar-refractivity contribution >= 4 is 5.91 Å². The Morgan fingerprint density at radius 2 is 1.82 bits per heavy atom. The highest BCUT2D eigenvalue weighted by Crippen LogP contribution is 2.30. The summed E-state index contributed by atoms with van der Waals surface area (Å²) in [5, 5.41) is 2.91. The lowest BCUT2D eigenvalue weighted by Crippen LogP contribution is -2.42. The van der Waals surface area contributed by atoms with E-state index in [1.807, 2.05) is 18.2 Å². The molecule has 1 aromatic rings. The molecule has 17 heavy (non-hydrogen) atoms. The SMILES string of the molecule is CCC(CC)(CNC(=O)CN)c1ccccc1. The van der Waals surface area contributed by atoms with Crippen LogP contribution in [-0.4, -0.2) is 19.0 Å². The standard InChI is InChI=1S/C14H22N2O/c1-3-14(4-2,11-16-13(17)10-15)12-8-6-5-7-9-12/h5-9H,3-4,10-11,15H2,1-2H3,(H,16,17). The van der Waals surface area contributed by atoms with Gasteiger partial charge in [0.1, 0.15) is 0 Å². The monoisotopic (exact) mass is 234 g/mol. The molecule has 0 atom stereocenters. The summed E-state index contributed by atoms with van der Waals surface area (Å²) >= 11 is 0. The summed E-state index contributed by atoms with van der Waals surface area (Å²) in [6, 6.07) is 10.3. The van der Waals surface area contributed by atoms with E-state index in [4.69, 9.17) is 5.73 Å². The van der Waals surface area contributed by atoms with Gasteiger partial charge in [0.15, 0.2) is 0 Å². The molecular formula is C14H22N2O. The Hall–Kier alpha value is -1.35. The quantitative estimate of drug-likeness (QED) is 0.789. The number of rotatable bonds is 6. The van der Waals surface area contributed by atoms with E-state index < -0.39 is 0 Å². The van der Waals surface area contributed by atoms with Crippen LogP contribution in [0.4, 0.5) is 0 Å². The minimum absolute atomic E-state index is 0.0199. The van der Waals surface area contributed by atoms with Crippen LogP contribution in [0.3, 0.4) is 0 Å². The van der Waals surface area contributed by atoms with Gasteiger partial charge in [0.25, 0.3) is 0 Å². The molecule has 1 amide bonds. The minimum atomic E-state index is -0.0905. The Bertz CT molecular complexity index is 344. The second-order valence-electron chi connectivity index (χ2n) is 4.33. The molecule has 0 spiro atoms. The molecule has 3 nitrogen and oxygen atoms in total. The number of nitrogens with two attached hydrogens (primary N) is 1. The van der Waals surface area contributed by atoms with Crippen LogP contribution in [-0.2, 0) is 10.2 Å². The summed E-state index contributed by atoms with van der Waals surface area (Å²) in [6.45, 7) is 5.02. The van der Waals surface area contributed by atoms with E-state index in [1.165, 1.54) is 5.56 Å². The molecule has 94 valence electrons. The molecule has 0 fully saturated rings. The third-order valence-electron chi connectivity index (χ3n) is 3.55. The van der Waals surface area contributed by atoms with Gasteiger partial charge in [0.2, 0.25) is 5.91 Å².